The number of halogens is 1. The Morgan fingerprint density at radius 2 is 2.31 bits per heavy atom. The van der Waals surface area contributed by atoms with Gasteiger partial charge in [0.2, 0.25) is 5.88 Å². The molecular formula is C12H17BrN2O. The molecule has 0 bridgehead atoms. The van der Waals surface area contributed by atoms with E-state index in [0.717, 1.165) is 31.1 Å². The maximum absolute atomic E-state index is 5.49. The largest absolute Gasteiger partial charge is 0.478 e. The Morgan fingerprint density at radius 3 is 3.00 bits per heavy atom. The van der Waals surface area contributed by atoms with Crippen LogP contribution in [0, 0.1) is 5.92 Å². The minimum absolute atomic E-state index is 0.557. The summed E-state index contributed by atoms with van der Waals surface area (Å²) in [6, 6.07) is 1.95. The first kappa shape index (κ1) is 11.8. The van der Waals surface area contributed by atoms with Crippen LogP contribution in [0.4, 0.5) is 0 Å². The maximum atomic E-state index is 5.49. The van der Waals surface area contributed by atoms with Gasteiger partial charge in [-0.05, 0) is 25.2 Å². The van der Waals surface area contributed by atoms with Gasteiger partial charge in [0, 0.05) is 23.0 Å². The van der Waals surface area contributed by atoms with Crippen molar-refractivity contribution in [3.63, 3.8) is 0 Å². The molecule has 16 heavy (non-hydrogen) atoms. The van der Waals surface area contributed by atoms with Crippen LogP contribution in [0.25, 0.3) is 0 Å². The van der Waals surface area contributed by atoms with Gasteiger partial charge < -0.3 is 4.74 Å². The fraction of sp³-hybridized carbons (Fsp3) is 0.667. The van der Waals surface area contributed by atoms with E-state index in [9.17, 15) is 0 Å². The monoisotopic (exact) mass is 284 g/mol. The van der Waals surface area contributed by atoms with Gasteiger partial charge in [-0.25, -0.2) is 9.97 Å². The highest BCUT2D eigenvalue weighted by Gasteiger charge is 2.29. The molecular weight excluding hydrogens is 268 g/mol. The number of hydrogen-bond donors (Lipinski definition) is 0. The molecule has 1 saturated carbocycles. The molecule has 1 atom stereocenters. The fourth-order valence-corrected chi connectivity index (χ4v) is 2.46. The van der Waals surface area contributed by atoms with Gasteiger partial charge in [-0.2, -0.15) is 0 Å². The number of hydrogen-bond acceptors (Lipinski definition) is 3. The second-order valence-electron chi connectivity index (χ2n) is 4.25. The van der Waals surface area contributed by atoms with Gasteiger partial charge >= 0.3 is 0 Å². The normalized spacial score (nSPS) is 17.1. The number of ether oxygens (including phenoxy) is 1. The van der Waals surface area contributed by atoms with Gasteiger partial charge in [-0.3, -0.25) is 0 Å². The van der Waals surface area contributed by atoms with Gasteiger partial charge in [-0.15, -0.1) is 0 Å². The SMILES string of the molecule is CCCOc1cc(CC(Br)C2CC2)ncn1. The molecule has 88 valence electrons. The summed E-state index contributed by atoms with van der Waals surface area (Å²) < 4.78 is 5.49. The van der Waals surface area contributed by atoms with Crippen molar-refractivity contribution in [3.8, 4) is 5.88 Å². The van der Waals surface area contributed by atoms with E-state index in [4.69, 9.17) is 4.74 Å². The van der Waals surface area contributed by atoms with Crippen molar-refractivity contribution in [1.29, 1.82) is 0 Å². The van der Waals surface area contributed by atoms with E-state index in [2.05, 4.69) is 32.8 Å². The van der Waals surface area contributed by atoms with Gasteiger partial charge in [0.05, 0.1) is 6.61 Å². The highest BCUT2D eigenvalue weighted by atomic mass is 79.9. The van der Waals surface area contributed by atoms with E-state index in [1.54, 1.807) is 6.33 Å². The molecule has 1 aliphatic rings. The summed E-state index contributed by atoms with van der Waals surface area (Å²) in [5, 5.41) is 0. The van der Waals surface area contributed by atoms with Gasteiger partial charge in [-0.1, -0.05) is 22.9 Å². The minimum Gasteiger partial charge on any atom is -0.478 e. The van der Waals surface area contributed by atoms with Crippen LogP contribution in [0.2, 0.25) is 0 Å². The first-order valence-electron chi connectivity index (χ1n) is 5.87. The lowest BCUT2D eigenvalue weighted by atomic mass is 10.2. The van der Waals surface area contributed by atoms with E-state index in [1.807, 2.05) is 6.07 Å². The van der Waals surface area contributed by atoms with E-state index in [-0.39, 0.29) is 0 Å². The molecule has 1 aromatic heterocycles. The van der Waals surface area contributed by atoms with Crippen molar-refractivity contribution in [2.24, 2.45) is 5.92 Å². The Kier molecular flexibility index (Phi) is 4.16. The quantitative estimate of drug-likeness (QED) is 0.754. The molecule has 1 unspecified atom stereocenters. The highest BCUT2D eigenvalue weighted by Crippen LogP contribution is 2.38. The lowest BCUT2D eigenvalue weighted by Crippen LogP contribution is -2.07. The van der Waals surface area contributed by atoms with Crippen LogP contribution in [0.3, 0.4) is 0 Å². The Labute approximate surface area is 105 Å². The summed E-state index contributed by atoms with van der Waals surface area (Å²) >= 11 is 3.72. The Balaban J connectivity index is 1.92. The third-order valence-corrected chi connectivity index (χ3v) is 3.76. The van der Waals surface area contributed by atoms with Gasteiger partial charge in [0.1, 0.15) is 6.33 Å². The van der Waals surface area contributed by atoms with E-state index in [0.29, 0.717) is 10.7 Å². The zero-order valence-corrected chi connectivity index (χ0v) is 11.1. The van der Waals surface area contributed by atoms with Crippen LogP contribution in [-0.4, -0.2) is 21.4 Å². The minimum atomic E-state index is 0.557. The smallest absolute Gasteiger partial charge is 0.216 e. The van der Waals surface area contributed by atoms with Crippen LogP contribution in [0.1, 0.15) is 31.9 Å². The summed E-state index contributed by atoms with van der Waals surface area (Å²) in [5.74, 6) is 1.54. The average molecular weight is 285 g/mol. The first-order chi connectivity index (χ1) is 7.79. The molecule has 4 heteroatoms. The molecule has 3 nitrogen and oxygen atoms in total. The second kappa shape index (κ2) is 5.62. The Hall–Kier alpha value is -0.640. The zero-order chi connectivity index (χ0) is 11.4. The molecule has 0 saturated heterocycles. The van der Waals surface area contributed by atoms with Crippen molar-refractivity contribution in [2.75, 3.05) is 6.61 Å². The fourth-order valence-electron chi connectivity index (χ4n) is 1.60. The molecule has 0 aliphatic heterocycles. The summed E-state index contributed by atoms with van der Waals surface area (Å²) in [5.41, 5.74) is 1.06. The first-order valence-corrected chi connectivity index (χ1v) is 6.79. The van der Waals surface area contributed by atoms with Crippen LogP contribution < -0.4 is 4.74 Å². The van der Waals surface area contributed by atoms with Crippen molar-refractivity contribution >= 4 is 15.9 Å². The third kappa shape index (κ3) is 3.44. The molecule has 0 N–H and O–H groups in total. The number of rotatable bonds is 6. The molecule has 0 radical (unpaired) electrons. The molecule has 1 aliphatic carbocycles. The second-order valence-corrected chi connectivity index (χ2v) is 5.43. The van der Waals surface area contributed by atoms with Gasteiger partial charge in [0.25, 0.3) is 0 Å². The highest BCUT2D eigenvalue weighted by molar-refractivity contribution is 9.09. The molecule has 1 aromatic rings. The van der Waals surface area contributed by atoms with E-state index in [1.165, 1.54) is 12.8 Å². The predicted molar refractivity (Wildman–Crippen MR) is 67.0 cm³/mol. The molecule has 1 fully saturated rings. The van der Waals surface area contributed by atoms with E-state index >= 15 is 0 Å². The molecule has 0 aromatic carbocycles. The number of nitrogens with zero attached hydrogens (tertiary/aromatic N) is 2. The van der Waals surface area contributed by atoms with Crippen molar-refractivity contribution in [3.05, 3.63) is 18.1 Å². The maximum Gasteiger partial charge on any atom is 0.216 e. The lowest BCUT2D eigenvalue weighted by Gasteiger charge is -2.08. The van der Waals surface area contributed by atoms with Crippen molar-refractivity contribution in [2.45, 2.75) is 37.4 Å². The van der Waals surface area contributed by atoms with Crippen LogP contribution >= 0.6 is 15.9 Å². The topological polar surface area (TPSA) is 35.0 Å². The predicted octanol–water partition coefficient (Wildman–Crippen LogP) is 2.98. The standard InChI is InChI=1S/C12H17BrN2O/c1-2-5-16-12-7-10(14-8-15-12)6-11(13)9-3-4-9/h7-9,11H,2-6H2,1H3. The average Bonchev–Trinajstić information content (AvgIpc) is 3.10. The summed E-state index contributed by atoms with van der Waals surface area (Å²) in [7, 11) is 0. The molecule has 0 spiro atoms. The summed E-state index contributed by atoms with van der Waals surface area (Å²) in [4.78, 5) is 8.93. The summed E-state index contributed by atoms with van der Waals surface area (Å²) in [6.07, 6.45) is 6.26. The molecule has 0 amide bonds. The zero-order valence-electron chi connectivity index (χ0n) is 9.53. The Bertz CT molecular complexity index is 342. The van der Waals surface area contributed by atoms with Crippen LogP contribution in [0.5, 0.6) is 5.88 Å². The van der Waals surface area contributed by atoms with Crippen molar-refractivity contribution < 1.29 is 4.74 Å². The lowest BCUT2D eigenvalue weighted by molar-refractivity contribution is 0.304. The van der Waals surface area contributed by atoms with Gasteiger partial charge in [0.15, 0.2) is 0 Å². The summed E-state index contributed by atoms with van der Waals surface area (Å²) in [6.45, 7) is 2.81. The number of alkyl halides is 1. The number of aromatic nitrogens is 2. The Morgan fingerprint density at radius 1 is 1.50 bits per heavy atom. The van der Waals surface area contributed by atoms with Crippen molar-refractivity contribution in [1.82, 2.24) is 9.97 Å². The third-order valence-electron chi connectivity index (χ3n) is 2.69. The van der Waals surface area contributed by atoms with E-state index < -0.39 is 0 Å². The van der Waals surface area contributed by atoms with Crippen LogP contribution in [0.15, 0.2) is 12.4 Å². The molecule has 2 rings (SSSR count). The van der Waals surface area contributed by atoms with Crippen LogP contribution in [-0.2, 0) is 6.42 Å². The molecule has 1 heterocycles.